The minimum absolute atomic E-state index is 0.110. The molecular weight excluding hydrogens is 406 g/mol. The number of nitrogens with zero attached hydrogens (tertiary/aromatic N) is 2. The summed E-state index contributed by atoms with van der Waals surface area (Å²) in [5.74, 6) is 0. The first-order chi connectivity index (χ1) is 13.8. The van der Waals surface area contributed by atoms with Crippen molar-refractivity contribution in [3.05, 3.63) is 58.1 Å². The van der Waals surface area contributed by atoms with E-state index in [-0.39, 0.29) is 10.9 Å². The lowest BCUT2D eigenvalue weighted by atomic mass is 9.87. The fourth-order valence-corrected chi connectivity index (χ4v) is 5.78. The number of piperazine rings is 1. The summed E-state index contributed by atoms with van der Waals surface area (Å²) in [5.41, 5.74) is 4.76. The Bertz CT molecular complexity index is 1000. The standard InChI is InChI=1S/C22H28ClN3O2S/c1-16-6-9-19(15-21(16)23)29(27,28)24-18-8-7-17-4-3-5-22(20(17)14-18)26-12-10-25(2)11-13-26/h3-6,9,15,18,24H,7-8,10-14H2,1-2H3. The smallest absolute Gasteiger partial charge is 0.240 e. The third-order valence-corrected chi connectivity index (χ3v) is 8.01. The Labute approximate surface area is 178 Å². The van der Waals surface area contributed by atoms with E-state index in [1.165, 1.54) is 22.9 Å². The molecule has 1 saturated heterocycles. The van der Waals surface area contributed by atoms with E-state index in [4.69, 9.17) is 11.6 Å². The second-order valence-corrected chi connectivity index (χ2v) is 10.3. The highest BCUT2D eigenvalue weighted by atomic mass is 35.5. The van der Waals surface area contributed by atoms with E-state index in [0.29, 0.717) is 5.02 Å². The molecule has 0 aromatic heterocycles. The van der Waals surface area contributed by atoms with E-state index in [1.807, 2.05) is 6.92 Å². The topological polar surface area (TPSA) is 52.7 Å². The number of halogens is 1. The van der Waals surface area contributed by atoms with Gasteiger partial charge >= 0.3 is 0 Å². The maximum Gasteiger partial charge on any atom is 0.240 e. The predicted octanol–water partition coefficient (Wildman–Crippen LogP) is 3.24. The molecule has 156 valence electrons. The second-order valence-electron chi connectivity index (χ2n) is 8.18. The highest BCUT2D eigenvalue weighted by Crippen LogP contribution is 2.32. The molecule has 0 amide bonds. The van der Waals surface area contributed by atoms with Crippen molar-refractivity contribution in [2.45, 2.75) is 37.1 Å². The molecule has 0 spiro atoms. The number of benzene rings is 2. The van der Waals surface area contributed by atoms with Gasteiger partial charge in [0.05, 0.1) is 4.90 Å². The minimum Gasteiger partial charge on any atom is -0.369 e. The molecule has 1 heterocycles. The van der Waals surface area contributed by atoms with Crippen molar-refractivity contribution in [1.29, 1.82) is 0 Å². The van der Waals surface area contributed by atoms with Gasteiger partial charge in [-0.3, -0.25) is 0 Å². The van der Waals surface area contributed by atoms with Crippen LogP contribution in [0.2, 0.25) is 5.02 Å². The van der Waals surface area contributed by atoms with Crippen LogP contribution in [0.25, 0.3) is 0 Å². The summed E-state index contributed by atoms with van der Waals surface area (Å²) in [6.45, 7) is 5.97. The van der Waals surface area contributed by atoms with Crippen molar-refractivity contribution >= 4 is 27.3 Å². The van der Waals surface area contributed by atoms with Gasteiger partial charge < -0.3 is 9.80 Å². The lowest BCUT2D eigenvalue weighted by Crippen LogP contribution is -2.45. The summed E-state index contributed by atoms with van der Waals surface area (Å²) in [4.78, 5) is 5.01. The van der Waals surface area contributed by atoms with Crippen LogP contribution in [0.1, 0.15) is 23.1 Å². The minimum atomic E-state index is -3.60. The molecule has 1 N–H and O–H groups in total. The van der Waals surface area contributed by atoms with Gasteiger partial charge in [-0.05, 0) is 68.1 Å². The van der Waals surface area contributed by atoms with Gasteiger partial charge in [-0.1, -0.05) is 29.8 Å². The fraction of sp³-hybridized carbons (Fsp3) is 0.455. The normalized spacial score (nSPS) is 20.5. The maximum atomic E-state index is 12.9. The van der Waals surface area contributed by atoms with E-state index in [9.17, 15) is 8.42 Å². The Hall–Kier alpha value is -1.60. The number of rotatable bonds is 4. The van der Waals surface area contributed by atoms with Crippen molar-refractivity contribution in [2.24, 2.45) is 0 Å². The van der Waals surface area contributed by atoms with Crippen LogP contribution in [0.15, 0.2) is 41.3 Å². The zero-order valence-electron chi connectivity index (χ0n) is 17.0. The van der Waals surface area contributed by atoms with E-state index >= 15 is 0 Å². The Morgan fingerprint density at radius 3 is 2.59 bits per heavy atom. The van der Waals surface area contributed by atoms with E-state index in [0.717, 1.165) is 51.0 Å². The number of likely N-dealkylation sites (N-methyl/N-ethyl adjacent to an activating group) is 1. The monoisotopic (exact) mass is 433 g/mol. The summed E-state index contributed by atoms with van der Waals surface area (Å²) >= 11 is 6.15. The number of sulfonamides is 1. The third-order valence-electron chi connectivity index (χ3n) is 6.08. The van der Waals surface area contributed by atoms with Crippen LogP contribution in [0.5, 0.6) is 0 Å². The summed E-state index contributed by atoms with van der Waals surface area (Å²) in [5, 5.41) is 0.471. The van der Waals surface area contributed by atoms with E-state index in [1.54, 1.807) is 12.1 Å². The summed E-state index contributed by atoms with van der Waals surface area (Å²) < 4.78 is 28.7. The molecule has 5 nitrogen and oxygen atoms in total. The van der Waals surface area contributed by atoms with Crippen molar-refractivity contribution in [3.63, 3.8) is 0 Å². The zero-order valence-corrected chi connectivity index (χ0v) is 18.6. The van der Waals surface area contributed by atoms with Gasteiger partial charge in [0.25, 0.3) is 0 Å². The first-order valence-electron chi connectivity index (χ1n) is 10.2. The van der Waals surface area contributed by atoms with Gasteiger partial charge in [-0.15, -0.1) is 0 Å². The molecule has 7 heteroatoms. The van der Waals surface area contributed by atoms with E-state index in [2.05, 4.69) is 39.8 Å². The molecule has 1 atom stereocenters. The summed E-state index contributed by atoms with van der Waals surface area (Å²) in [7, 11) is -1.45. The molecule has 2 aromatic rings. The molecule has 29 heavy (non-hydrogen) atoms. The Morgan fingerprint density at radius 1 is 1.10 bits per heavy atom. The number of hydrogen-bond donors (Lipinski definition) is 1. The van der Waals surface area contributed by atoms with Gasteiger partial charge in [0.15, 0.2) is 0 Å². The van der Waals surface area contributed by atoms with Gasteiger partial charge in [-0.25, -0.2) is 13.1 Å². The van der Waals surface area contributed by atoms with Crippen LogP contribution >= 0.6 is 11.6 Å². The first-order valence-corrected chi connectivity index (χ1v) is 12.0. The summed E-state index contributed by atoms with van der Waals surface area (Å²) in [6, 6.07) is 11.3. The molecule has 1 fully saturated rings. The van der Waals surface area contributed by atoms with Crippen LogP contribution < -0.4 is 9.62 Å². The summed E-state index contributed by atoms with van der Waals surface area (Å²) in [6.07, 6.45) is 2.41. The third kappa shape index (κ3) is 4.45. The number of anilines is 1. The molecule has 2 aliphatic rings. The molecule has 0 saturated carbocycles. The van der Waals surface area contributed by atoms with Gasteiger partial charge in [-0.2, -0.15) is 0 Å². The van der Waals surface area contributed by atoms with Gasteiger partial charge in [0, 0.05) is 42.9 Å². The predicted molar refractivity (Wildman–Crippen MR) is 118 cm³/mol. The maximum absolute atomic E-state index is 12.9. The highest BCUT2D eigenvalue weighted by Gasteiger charge is 2.28. The fourth-order valence-electron chi connectivity index (χ4n) is 4.24. The Kier molecular flexibility index (Phi) is 5.89. The van der Waals surface area contributed by atoms with Crippen molar-refractivity contribution in [2.75, 3.05) is 38.1 Å². The van der Waals surface area contributed by atoms with Gasteiger partial charge in [0.2, 0.25) is 10.0 Å². The average molecular weight is 434 g/mol. The Morgan fingerprint density at radius 2 is 1.86 bits per heavy atom. The number of aryl methyl sites for hydroxylation is 2. The molecule has 0 radical (unpaired) electrons. The molecule has 0 bridgehead atoms. The van der Waals surface area contributed by atoms with Crippen LogP contribution in [0, 0.1) is 6.92 Å². The van der Waals surface area contributed by atoms with Crippen molar-refractivity contribution < 1.29 is 8.42 Å². The SMILES string of the molecule is Cc1ccc(S(=O)(=O)NC2CCc3cccc(N4CCN(C)CC4)c3C2)cc1Cl. The van der Waals surface area contributed by atoms with Crippen LogP contribution in [0.3, 0.4) is 0 Å². The van der Waals surface area contributed by atoms with Crippen LogP contribution in [-0.4, -0.2) is 52.6 Å². The first kappa shape index (κ1) is 20.7. The molecule has 2 aromatic carbocycles. The molecular formula is C22H28ClN3O2S. The zero-order chi connectivity index (χ0) is 20.6. The average Bonchev–Trinajstić information content (AvgIpc) is 2.70. The van der Waals surface area contributed by atoms with Gasteiger partial charge in [0.1, 0.15) is 0 Å². The van der Waals surface area contributed by atoms with Crippen molar-refractivity contribution in [3.8, 4) is 0 Å². The number of hydrogen-bond acceptors (Lipinski definition) is 4. The highest BCUT2D eigenvalue weighted by molar-refractivity contribution is 7.89. The molecule has 1 aliphatic heterocycles. The lowest BCUT2D eigenvalue weighted by Gasteiger charge is -2.37. The van der Waals surface area contributed by atoms with Crippen LogP contribution in [-0.2, 0) is 22.9 Å². The van der Waals surface area contributed by atoms with Crippen LogP contribution in [0.4, 0.5) is 5.69 Å². The number of nitrogens with one attached hydrogen (secondary N) is 1. The number of fused-ring (bicyclic) bond motifs is 1. The van der Waals surface area contributed by atoms with Crippen molar-refractivity contribution in [1.82, 2.24) is 9.62 Å². The Balaban J connectivity index is 1.54. The lowest BCUT2D eigenvalue weighted by molar-refractivity contribution is 0.312. The van der Waals surface area contributed by atoms with E-state index < -0.39 is 10.0 Å². The largest absolute Gasteiger partial charge is 0.369 e. The molecule has 1 aliphatic carbocycles. The molecule has 4 rings (SSSR count). The second kappa shape index (κ2) is 8.26. The molecule has 1 unspecified atom stereocenters. The quantitative estimate of drug-likeness (QED) is 0.804.